The minimum atomic E-state index is -0.573. The first-order valence-corrected chi connectivity index (χ1v) is 11.7. The minimum Gasteiger partial charge on any atom is -0.353 e. The van der Waals surface area contributed by atoms with Crippen molar-refractivity contribution in [2.24, 2.45) is 0 Å². The Kier molecular flexibility index (Phi) is 8.54. The van der Waals surface area contributed by atoms with Gasteiger partial charge in [-0.2, -0.15) is 0 Å². The van der Waals surface area contributed by atoms with Crippen molar-refractivity contribution in [2.45, 2.75) is 39.7 Å². The van der Waals surface area contributed by atoms with E-state index in [-0.39, 0.29) is 29.1 Å². The van der Waals surface area contributed by atoms with Gasteiger partial charge in [-0.15, -0.1) is 0 Å². The Labute approximate surface area is 200 Å². The molecule has 2 aromatic carbocycles. The van der Waals surface area contributed by atoms with Gasteiger partial charge in [-0.3, -0.25) is 19.8 Å². The third kappa shape index (κ3) is 5.34. The highest BCUT2D eigenvalue weighted by Crippen LogP contribution is 2.32. The number of carbonyl (C=O) groups excluding carboxylic acids is 1. The number of nitro groups is 1. The van der Waals surface area contributed by atoms with Gasteiger partial charge in [0, 0.05) is 32.1 Å². The first-order valence-electron chi connectivity index (χ1n) is 11.7. The lowest BCUT2D eigenvalue weighted by atomic mass is 9.96. The molecule has 0 N–H and O–H groups in total. The smallest absolute Gasteiger partial charge is 0.344 e. The number of aromatic nitrogens is 1. The van der Waals surface area contributed by atoms with E-state index in [0.717, 1.165) is 0 Å². The van der Waals surface area contributed by atoms with Crippen molar-refractivity contribution in [1.29, 1.82) is 0 Å². The predicted octanol–water partition coefficient (Wildman–Crippen LogP) is 5.28. The van der Waals surface area contributed by atoms with Crippen LogP contribution in [0.25, 0.3) is 0 Å². The number of nitrogens with zero attached hydrogens (tertiary/aromatic N) is 4. The summed E-state index contributed by atoms with van der Waals surface area (Å²) >= 11 is 0. The van der Waals surface area contributed by atoms with E-state index >= 15 is 0 Å². The molecule has 8 nitrogen and oxygen atoms in total. The van der Waals surface area contributed by atoms with Gasteiger partial charge in [0.1, 0.15) is 0 Å². The van der Waals surface area contributed by atoms with E-state index in [1.54, 1.807) is 18.7 Å². The highest BCUT2D eigenvalue weighted by molar-refractivity contribution is 5.96. The molecule has 34 heavy (non-hydrogen) atoms. The van der Waals surface area contributed by atoms with Crippen molar-refractivity contribution in [3.8, 4) is 0 Å². The van der Waals surface area contributed by atoms with E-state index in [9.17, 15) is 14.9 Å². The maximum absolute atomic E-state index is 13.1. The molecular formula is C26H32N4O4. The first kappa shape index (κ1) is 25.1. The first-order chi connectivity index (χ1) is 16.5. The van der Waals surface area contributed by atoms with Crippen LogP contribution >= 0.6 is 0 Å². The Hall–Kier alpha value is -3.52. The summed E-state index contributed by atoms with van der Waals surface area (Å²) in [6.45, 7) is 9.74. The van der Waals surface area contributed by atoms with Crippen LogP contribution in [0.2, 0.25) is 0 Å². The molecule has 180 valence electrons. The summed E-state index contributed by atoms with van der Waals surface area (Å²) in [6, 6.07) is 20.6. The van der Waals surface area contributed by atoms with Crippen LogP contribution in [0, 0.1) is 10.1 Å². The van der Waals surface area contributed by atoms with Gasteiger partial charge in [0.2, 0.25) is 11.5 Å². The lowest BCUT2D eigenvalue weighted by molar-refractivity contribution is -0.386. The zero-order chi connectivity index (χ0) is 24.7. The van der Waals surface area contributed by atoms with Gasteiger partial charge >= 0.3 is 5.69 Å². The van der Waals surface area contributed by atoms with Gasteiger partial charge in [0.15, 0.2) is 0 Å². The Morgan fingerprint density at radius 1 is 0.941 bits per heavy atom. The van der Waals surface area contributed by atoms with Crippen LogP contribution < -0.4 is 0 Å². The number of rotatable bonds is 6. The van der Waals surface area contributed by atoms with Gasteiger partial charge in [-0.1, -0.05) is 93.5 Å². The molecule has 2 heterocycles. The molecule has 4 rings (SSSR count). The summed E-state index contributed by atoms with van der Waals surface area (Å²) in [5, 5.41) is 15.3. The Balaban J connectivity index is 0.00000158. The van der Waals surface area contributed by atoms with Crippen molar-refractivity contribution in [2.75, 3.05) is 26.2 Å². The Morgan fingerprint density at radius 2 is 1.44 bits per heavy atom. The molecule has 1 aliphatic rings. The molecule has 1 amide bonds. The van der Waals surface area contributed by atoms with Crippen molar-refractivity contribution >= 4 is 11.6 Å². The third-order valence-electron chi connectivity index (χ3n) is 5.80. The predicted molar refractivity (Wildman–Crippen MR) is 131 cm³/mol. The molecule has 0 aliphatic carbocycles. The number of hydrogen-bond donors (Lipinski definition) is 0. The van der Waals surface area contributed by atoms with Gasteiger partial charge in [0.25, 0.3) is 5.91 Å². The van der Waals surface area contributed by atoms with E-state index in [2.05, 4.69) is 34.3 Å². The van der Waals surface area contributed by atoms with Crippen molar-refractivity contribution in [1.82, 2.24) is 15.0 Å². The monoisotopic (exact) mass is 464 g/mol. The second-order valence-corrected chi connectivity index (χ2v) is 8.21. The third-order valence-corrected chi connectivity index (χ3v) is 5.80. The number of benzene rings is 2. The van der Waals surface area contributed by atoms with Gasteiger partial charge in [0.05, 0.1) is 11.0 Å². The number of carbonyl (C=O) groups is 1. The van der Waals surface area contributed by atoms with E-state index < -0.39 is 10.8 Å². The highest BCUT2D eigenvalue weighted by Gasteiger charge is 2.37. The van der Waals surface area contributed by atoms with Gasteiger partial charge < -0.3 is 9.42 Å². The Bertz CT molecular complexity index is 1040. The van der Waals surface area contributed by atoms with Crippen LogP contribution in [0.1, 0.15) is 67.0 Å². The summed E-state index contributed by atoms with van der Waals surface area (Å²) in [5.41, 5.74) is 1.84. The molecule has 1 aliphatic heterocycles. The number of hydrogen-bond acceptors (Lipinski definition) is 6. The Morgan fingerprint density at radius 3 is 1.88 bits per heavy atom. The van der Waals surface area contributed by atoms with E-state index in [0.29, 0.717) is 26.2 Å². The van der Waals surface area contributed by atoms with Crippen LogP contribution in [0.4, 0.5) is 5.69 Å². The van der Waals surface area contributed by atoms with E-state index in [1.165, 1.54) is 11.1 Å². The molecule has 8 heteroatoms. The van der Waals surface area contributed by atoms with Crippen LogP contribution in [0.15, 0.2) is 65.2 Å². The minimum absolute atomic E-state index is 0.0728. The largest absolute Gasteiger partial charge is 0.353 e. The van der Waals surface area contributed by atoms with Crippen LogP contribution in [-0.4, -0.2) is 52.0 Å². The number of amides is 1. The van der Waals surface area contributed by atoms with Crippen LogP contribution in [0.5, 0.6) is 0 Å². The SMILES string of the molecule is CC.CC(C)c1onc(C(=O)N2CCN(C(c3ccccc3)c3ccccc3)CC2)c1[N+](=O)[O-]. The molecule has 3 aromatic rings. The second-order valence-electron chi connectivity index (χ2n) is 8.21. The van der Waals surface area contributed by atoms with E-state index in [1.807, 2.05) is 50.2 Å². The molecular weight excluding hydrogens is 432 g/mol. The lowest BCUT2D eigenvalue weighted by Gasteiger charge is -2.39. The topological polar surface area (TPSA) is 92.7 Å². The number of piperazine rings is 1. The molecule has 1 aromatic heterocycles. The summed E-state index contributed by atoms with van der Waals surface area (Å²) in [6.07, 6.45) is 0. The van der Waals surface area contributed by atoms with Crippen LogP contribution in [-0.2, 0) is 0 Å². The molecule has 0 saturated carbocycles. The van der Waals surface area contributed by atoms with Crippen molar-refractivity contribution in [3.63, 3.8) is 0 Å². The average Bonchev–Trinajstić information content (AvgIpc) is 3.33. The fourth-order valence-corrected chi connectivity index (χ4v) is 4.21. The fourth-order valence-electron chi connectivity index (χ4n) is 4.21. The zero-order valence-corrected chi connectivity index (χ0v) is 20.2. The summed E-state index contributed by atoms with van der Waals surface area (Å²) in [5.74, 6) is -0.563. The fraction of sp³-hybridized carbons (Fsp3) is 0.385. The lowest BCUT2D eigenvalue weighted by Crippen LogP contribution is -2.50. The maximum Gasteiger partial charge on any atom is 0.344 e. The summed E-state index contributed by atoms with van der Waals surface area (Å²) in [7, 11) is 0. The molecule has 0 spiro atoms. The molecule has 0 atom stereocenters. The standard InChI is InChI=1S/C24H26N4O4.C2H6/c1-17(2)23-22(28(30)31)20(25-32-23)24(29)27-15-13-26(14-16-27)21(18-9-5-3-6-10-18)19-11-7-4-8-12-19;1-2/h3-12,17,21H,13-16H2,1-2H3;1-2H3. The van der Waals surface area contributed by atoms with Crippen molar-refractivity contribution in [3.05, 3.63) is 93.4 Å². The molecule has 0 radical (unpaired) electrons. The van der Waals surface area contributed by atoms with Crippen LogP contribution in [0.3, 0.4) is 0 Å². The normalized spacial score (nSPS) is 14.1. The average molecular weight is 465 g/mol. The summed E-state index contributed by atoms with van der Waals surface area (Å²) in [4.78, 5) is 28.0. The summed E-state index contributed by atoms with van der Waals surface area (Å²) < 4.78 is 5.16. The van der Waals surface area contributed by atoms with Gasteiger partial charge in [-0.25, -0.2) is 0 Å². The molecule has 0 unspecified atom stereocenters. The molecule has 0 bridgehead atoms. The molecule has 1 fully saturated rings. The molecule has 1 saturated heterocycles. The zero-order valence-electron chi connectivity index (χ0n) is 20.2. The van der Waals surface area contributed by atoms with E-state index in [4.69, 9.17) is 4.52 Å². The highest BCUT2D eigenvalue weighted by atomic mass is 16.6. The maximum atomic E-state index is 13.1. The quantitative estimate of drug-likeness (QED) is 0.364. The van der Waals surface area contributed by atoms with Crippen molar-refractivity contribution < 1.29 is 14.2 Å². The second kappa shape index (κ2) is 11.6. The van der Waals surface area contributed by atoms with Gasteiger partial charge in [-0.05, 0) is 11.1 Å².